The molecule has 0 bridgehead atoms. The highest BCUT2D eigenvalue weighted by Crippen LogP contribution is 2.31. The van der Waals surface area contributed by atoms with Gasteiger partial charge in [-0.05, 0) is 43.0 Å². The van der Waals surface area contributed by atoms with E-state index in [2.05, 4.69) is 22.0 Å². The van der Waals surface area contributed by atoms with Crippen molar-refractivity contribution >= 4 is 17.4 Å². The van der Waals surface area contributed by atoms with Crippen LogP contribution in [0.25, 0.3) is 0 Å². The summed E-state index contributed by atoms with van der Waals surface area (Å²) < 4.78 is 0. The number of carbonyl (C=O) groups excluding carboxylic acids is 1. The third-order valence-electron chi connectivity index (χ3n) is 5.20. The van der Waals surface area contributed by atoms with E-state index in [9.17, 15) is 4.79 Å². The van der Waals surface area contributed by atoms with Gasteiger partial charge >= 0.3 is 0 Å². The predicted molar refractivity (Wildman–Crippen MR) is 96.4 cm³/mol. The molecule has 0 N–H and O–H groups in total. The lowest BCUT2D eigenvalue weighted by atomic mass is 9.95. The number of hydrogen-bond acceptors (Lipinski definition) is 4. The first kappa shape index (κ1) is 15.6. The van der Waals surface area contributed by atoms with Crippen molar-refractivity contribution in [2.45, 2.75) is 19.3 Å². The maximum Gasteiger partial charge on any atom is 0.230 e. The lowest BCUT2D eigenvalue weighted by Crippen LogP contribution is -2.42. The quantitative estimate of drug-likeness (QED) is 0.848. The Balaban J connectivity index is 1.42. The molecule has 1 saturated heterocycles. The van der Waals surface area contributed by atoms with E-state index >= 15 is 0 Å². The molecule has 0 atom stereocenters. The molecule has 2 aliphatic rings. The number of anilines is 2. The molecule has 2 aliphatic heterocycles. The third kappa shape index (κ3) is 2.96. The van der Waals surface area contributed by atoms with E-state index in [1.54, 1.807) is 12.3 Å². The average molecular weight is 332 g/mol. The van der Waals surface area contributed by atoms with Crippen LogP contribution in [0, 0.1) is 17.2 Å². The first-order chi connectivity index (χ1) is 12.3. The SMILES string of the molecule is N#Cc1ccnc(N2CCC(C(=O)N3CCc4ccccc43)CC2)c1. The number of hydrogen-bond donors (Lipinski definition) is 0. The summed E-state index contributed by atoms with van der Waals surface area (Å²) in [6.45, 7) is 2.39. The van der Waals surface area contributed by atoms with Gasteiger partial charge in [0.2, 0.25) is 5.91 Å². The molecule has 2 aromatic rings. The van der Waals surface area contributed by atoms with Crippen LogP contribution in [0.15, 0.2) is 42.6 Å². The van der Waals surface area contributed by atoms with Crippen molar-refractivity contribution in [2.24, 2.45) is 5.92 Å². The maximum atomic E-state index is 13.0. The Morgan fingerprint density at radius 2 is 1.96 bits per heavy atom. The van der Waals surface area contributed by atoms with Crippen molar-refractivity contribution in [1.29, 1.82) is 5.26 Å². The zero-order valence-electron chi connectivity index (χ0n) is 14.1. The number of nitriles is 1. The van der Waals surface area contributed by atoms with Crippen LogP contribution in [0.1, 0.15) is 24.0 Å². The van der Waals surface area contributed by atoms with Crippen LogP contribution in [-0.4, -0.2) is 30.5 Å². The fourth-order valence-electron chi connectivity index (χ4n) is 3.80. The molecule has 1 fully saturated rings. The van der Waals surface area contributed by atoms with Gasteiger partial charge in [-0.25, -0.2) is 4.98 Å². The molecule has 1 aromatic carbocycles. The number of piperidine rings is 1. The van der Waals surface area contributed by atoms with Gasteiger partial charge in [0.1, 0.15) is 5.82 Å². The van der Waals surface area contributed by atoms with Crippen LogP contribution >= 0.6 is 0 Å². The highest BCUT2D eigenvalue weighted by molar-refractivity contribution is 5.97. The normalized spacial score (nSPS) is 17.2. The van der Waals surface area contributed by atoms with Crippen LogP contribution in [-0.2, 0) is 11.2 Å². The molecule has 0 spiro atoms. The van der Waals surface area contributed by atoms with Crippen molar-refractivity contribution in [3.8, 4) is 6.07 Å². The summed E-state index contributed by atoms with van der Waals surface area (Å²) >= 11 is 0. The number of nitrogens with zero attached hydrogens (tertiary/aromatic N) is 4. The Morgan fingerprint density at radius 1 is 1.16 bits per heavy atom. The smallest absolute Gasteiger partial charge is 0.230 e. The molecule has 3 heterocycles. The van der Waals surface area contributed by atoms with E-state index in [1.165, 1.54) is 5.56 Å². The number of rotatable bonds is 2. The first-order valence-electron chi connectivity index (χ1n) is 8.76. The van der Waals surface area contributed by atoms with Crippen molar-refractivity contribution < 1.29 is 4.79 Å². The van der Waals surface area contributed by atoms with Gasteiger partial charge in [0, 0.05) is 37.4 Å². The summed E-state index contributed by atoms with van der Waals surface area (Å²) in [7, 11) is 0. The molecule has 1 amide bonds. The summed E-state index contributed by atoms with van der Waals surface area (Å²) in [6, 6.07) is 13.9. The molecular formula is C20H20N4O. The number of fused-ring (bicyclic) bond motifs is 1. The van der Waals surface area contributed by atoms with Crippen molar-refractivity contribution in [1.82, 2.24) is 4.98 Å². The summed E-state index contributed by atoms with van der Waals surface area (Å²) in [6.07, 6.45) is 4.28. The zero-order chi connectivity index (χ0) is 17.2. The Morgan fingerprint density at radius 3 is 2.76 bits per heavy atom. The van der Waals surface area contributed by atoms with E-state index in [4.69, 9.17) is 5.26 Å². The molecular weight excluding hydrogens is 312 g/mol. The highest BCUT2D eigenvalue weighted by Gasteiger charge is 2.32. The fraction of sp³-hybridized carbons (Fsp3) is 0.350. The zero-order valence-corrected chi connectivity index (χ0v) is 14.1. The highest BCUT2D eigenvalue weighted by atomic mass is 16.2. The van der Waals surface area contributed by atoms with Crippen LogP contribution in [0.3, 0.4) is 0 Å². The molecule has 0 aliphatic carbocycles. The van der Waals surface area contributed by atoms with E-state index < -0.39 is 0 Å². The number of amides is 1. The molecule has 4 rings (SSSR count). The fourth-order valence-corrected chi connectivity index (χ4v) is 3.80. The van der Waals surface area contributed by atoms with Gasteiger partial charge in [0.15, 0.2) is 0 Å². The van der Waals surface area contributed by atoms with Gasteiger partial charge in [-0.1, -0.05) is 18.2 Å². The molecule has 0 unspecified atom stereocenters. The van der Waals surface area contributed by atoms with Crippen LogP contribution in [0.2, 0.25) is 0 Å². The number of aromatic nitrogens is 1. The van der Waals surface area contributed by atoms with E-state index in [1.807, 2.05) is 29.2 Å². The molecule has 0 saturated carbocycles. The summed E-state index contributed by atoms with van der Waals surface area (Å²) in [5, 5.41) is 9.03. The first-order valence-corrected chi connectivity index (χ1v) is 8.76. The topological polar surface area (TPSA) is 60.2 Å². The summed E-state index contributed by atoms with van der Waals surface area (Å²) in [5.41, 5.74) is 2.97. The van der Waals surface area contributed by atoms with Gasteiger partial charge in [-0.3, -0.25) is 4.79 Å². The minimum atomic E-state index is 0.0709. The summed E-state index contributed by atoms with van der Waals surface area (Å²) in [5.74, 6) is 1.15. The van der Waals surface area contributed by atoms with Gasteiger partial charge < -0.3 is 9.80 Å². The second kappa shape index (κ2) is 6.56. The minimum Gasteiger partial charge on any atom is -0.357 e. The maximum absolute atomic E-state index is 13.0. The lowest BCUT2D eigenvalue weighted by Gasteiger charge is -2.34. The Hall–Kier alpha value is -2.87. The Kier molecular flexibility index (Phi) is 4.10. The molecule has 1 aromatic heterocycles. The van der Waals surface area contributed by atoms with Crippen LogP contribution in [0.5, 0.6) is 0 Å². The minimum absolute atomic E-state index is 0.0709. The lowest BCUT2D eigenvalue weighted by molar-refractivity contribution is -0.122. The molecule has 5 heteroatoms. The number of benzene rings is 1. The van der Waals surface area contributed by atoms with Gasteiger partial charge in [-0.15, -0.1) is 0 Å². The third-order valence-corrected chi connectivity index (χ3v) is 5.20. The molecule has 0 radical (unpaired) electrons. The second-order valence-corrected chi connectivity index (χ2v) is 6.64. The second-order valence-electron chi connectivity index (χ2n) is 6.64. The van der Waals surface area contributed by atoms with Gasteiger partial charge in [-0.2, -0.15) is 5.26 Å². The van der Waals surface area contributed by atoms with E-state index in [0.29, 0.717) is 5.56 Å². The van der Waals surface area contributed by atoms with Crippen LogP contribution < -0.4 is 9.80 Å². The monoisotopic (exact) mass is 332 g/mol. The van der Waals surface area contributed by atoms with E-state index in [0.717, 1.165) is 50.4 Å². The van der Waals surface area contributed by atoms with Gasteiger partial charge in [0.05, 0.1) is 11.6 Å². The molecule has 126 valence electrons. The number of carbonyl (C=O) groups is 1. The predicted octanol–water partition coefficient (Wildman–Crippen LogP) is 2.76. The van der Waals surface area contributed by atoms with E-state index in [-0.39, 0.29) is 11.8 Å². The summed E-state index contributed by atoms with van der Waals surface area (Å²) in [4.78, 5) is 21.5. The van der Waals surface area contributed by atoms with Crippen molar-refractivity contribution in [2.75, 3.05) is 29.4 Å². The standard InChI is InChI=1S/C20H20N4O/c21-14-15-5-9-22-19(13-15)23-10-6-17(7-11-23)20(25)24-12-8-16-3-1-2-4-18(16)24/h1-5,9,13,17H,6-8,10-12H2. The van der Waals surface area contributed by atoms with Gasteiger partial charge in [0.25, 0.3) is 0 Å². The van der Waals surface area contributed by atoms with Crippen LogP contribution in [0.4, 0.5) is 11.5 Å². The molecule has 5 nitrogen and oxygen atoms in total. The van der Waals surface area contributed by atoms with Crippen molar-refractivity contribution in [3.05, 3.63) is 53.7 Å². The Bertz CT molecular complexity index is 834. The largest absolute Gasteiger partial charge is 0.357 e. The van der Waals surface area contributed by atoms with Crippen molar-refractivity contribution in [3.63, 3.8) is 0 Å². The number of para-hydroxylation sites is 1. The molecule has 25 heavy (non-hydrogen) atoms. The Labute approximate surface area is 147 Å². The number of pyridine rings is 1. The average Bonchev–Trinajstić information content (AvgIpc) is 3.12.